The van der Waals surface area contributed by atoms with Crippen LogP contribution in [-0.4, -0.2) is 81.7 Å². The number of aromatic carboxylic acids is 1. The standard InChI is InChI=1S/C34H39ClN4O5/c1-22-18-32(44-29-8-6-24(7-9-29)33(40)41)36-23(2)30(22)20-37-14-10-28(11-15-37)39-31(25-4-3-5-26(35)19-25)21-38(34(39)42)27-12-16-43-17-13-27/h3-9,18-19,27-28,31H,10-17,20-21H2,1-2H3,(H,40,41). The highest BCUT2D eigenvalue weighted by Crippen LogP contribution is 2.38. The van der Waals surface area contributed by atoms with Crippen LogP contribution in [0.15, 0.2) is 54.6 Å². The Kier molecular flexibility index (Phi) is 9.07. The van der Waals surface area contributed by atoms with Crippen LogP contribution in [0.3, 0.4) is 0 Å². The molecule has 3 aliphatic heterocycles. The van der Waals surface area contributed by atoms with Gasteiger partial charge in [0.25, 0.3) is 0 Å². The highest BCUT2D eigenvalue weighted by molar-refractivity contribution is 6.30. The lowest BCUT2D eigenvalue weighted by molar-refractivity contribution is 0.0493. The second-order valence-electron chi connectivity index (χ2n) is 12.0. The number of rotatable bonds is 8. The molecule has 44 heavy (non-hydrogen) atoms. The molecule has 1 atom stereocenters. The van der Waals surface area contributed by atoms with E-state index in [1.54, 1.807) is 12.1 Å². The predicted molar refractivity (Wildman–Crippen MR) is 167 cm³/mol. The molecule has 0 saturated carbocycles. The van der Waals surface area contributed by atoms with E-state index in [0.717, 1.165) is 62.1 Å². The van der Waals surface area contributed by atoms with Crippen LogP contribution in [0, 0.1) is 13.8 Å². The minimum absolute atomic E-state index is 0.0119. The van der Waals surface area contributed by atoms with Gasteiger partial charge in [0, 0.05) is 68.3 Å². The van der Waals surface area contributed by atoms with E-state index in [1.807, 2.05) is 31.2 Å². The number of urea groups is 1. The number of halogens is 1. The average Bonchev–Trinajstić information content (AvgIpc) is 3.37. The van der Waals surface area contributed by atoms with Gasteiger partial charge >= 0.3 is 12.0 Å². The zero-order chi connectivity index (χ0) is 30.8. The number of likely N-dealkylation sites (tertiary alicyclic amines) is 1. The maximum absolute atomic E-state index is 14.0. The molecule has 9 nitrogen and oxygen atoms in total. The Morgan fingerprint density at radius 3 is 2.41 bits per heavy atom. The summed E-state index contributed by atoms with van der Waals surface area (Å²) in [6.45, 7) is 8.73. The molecule has 4 heterocycles. The topological polar surface area (TPSA) is 95.4 Å². The Hall–Kier alpha value is -3.66. The molecular formula is C34H39ClN4O5. The minimum Gasteiger partial charge on any atom is -0.478 e. The molecule has 2 amide bonds. The number of pyridine rings is 1. The van der Waals surface area contributed by atoms with Gasteiger partial charge in [-0.3, -0.25) is 4.90 Å². The Labute approximate surface area is 263 Å². The molecule has 2 aromatic carbocycles. The fraction of sp³-hybridized carbons (Fsp3) is 0.441. The van der Waals surface area contributed by atoms with Gasteiger partial charge in [0.2, 0.25) is 5.88 Å². The van der Waals surface area contributed by atoms with E-state index in [1.165, 1.54) is 17.7 Å². The second kappa shape index (κ2) is 13.1. The summed E-state index contributed by atoms with van der Waals surface area (Å²) in [5.41, 5.74) is 4.49. The highest BCUT2D eigenvalue weighted by Gasteiger charge is 2.45. The molecule has 6 rings (SSSR count). The van der Waals surface area contributed by atoms with Gasteiger partial charge in [-0.1, -0.05) is 23.7 Å². The summed E-state index contributed by atoms with van der Waals surface area (Å²) >= 11 is 6.39. The number of aromatic nitrogens is 1. The van der Waals surface area contributed by atoms with Crippen molar-refractivity contribution in [3.63, 3.8) is 0 Å². The first-order valence-electron chi connectivity index (χ1n) is 15.4. The Morgan fingerprint density at radius 1 is 1.02 bits per heavy atom. The summed E-state index contributed by atoms with van der Waals surface area (Å²) in [5, 5.41) is 9.82. The third-order valence-electron chi connectivity index (χ3n) is 9.22. The lowest BCUT2D eigenvalue weighted by Gasteiger charge is -2.39. The summed E-state index contributed by atoms with van der Waals surface area (Å²) in [5.74, 6) is 0.0536. The molecule has 0 radical (unpaired) electrons. The van der Waals surface area contributed by atoms with Crippen molar-refractivity contribution in [2.75, 3.05) is 32.8 Å². The normalized spacial score (nSPS) is 20.3. The Morgan fingerprint density at radius 2 is 1.75 bits per heavy atom. The summed E-state index contributed by atoms with van der Waals surface area (Å²) < 4.78 is 11.5. The van der Waals surface area contributed by atoms with E-state index in [2.05, 4.69) is 27.7 Å². The van der Waals surface area contributed by atoms with Crippen molar-refractivity contribution >= 4 is 23.6 Å². The maximum Gasteiger partial charge on any atom is 0.335 e. The Balaban J connectivity index is 1.12. The largest absolute Gasteiger partial charge is 0.478 e. The highest BCUT2D eigenvalue weighted by atomic mass is 35.5. The molecule has 1 unspecified atom stereocenters. The number of benzene rings is 2. The minimum atomic E-state index is -0.973. The summed E-state index contributed by atoms with van der Waals surface area (Å²) in [6, 6.07) is 16.7. The van der Waals surface area contributed by atoms with Crippen LogP contribution in [0.4, 0.5) is 4.79 Å². The average molecular weight is 619 g/mol. The van der Waals surface area contributed by atoms with Gasteiger partial charge in [-0.2, -0.15) is 0 Å². The number of nitrogens with zero attached hydrogens (tertiary/aromatic N) is 4. The fourth-order valence-electron chi connectivity index (χ4n) is 6.81. The van der Waals surface area contributed by atoms with Crippen LogP contribution < -0.4 is 4.74 Å². The number of amides is 2. The second-order valence-corrected chi connectivity index (χ2v) is 12.5. The first kappa shape index (κ1) is 30.4. The fourth-order valence-corrected chi connectivity index (χ4v) is 7.00. The zero-order valence-corrected chi connectivity index (χ0v) is 26.0. The molecule has 1 aromatic heterocycles. The number of carboxylic acids is 1. The Bertz CT molecular complexity index is 1480. The third kappa shape index (κ3) is 6.55. The smallest absolute Gasteiger partial charge is 0.335 e. The number of carbonyl (C=O) groups is 2. The van der Waals surface area contributed by atoms with Crippen LogP contribution in [-0.2, 0) is 11.3 Å². The molecule has 0 bridgehead atoms. The van der Waals surface area contributed by atoms with Crippen LogP contribution in [0.1, 0.15) is 64.5 Å². The maximum atomic E-state index is 14.0. The molecule has 0 aliphatic carbocycles. The van der Waals surface area contributed by atoms with E-state index in [4.69, 9.17) is 31.2 Å². The summed E-state index contributed by atoms with van der Waals surface area (Å²) in [7, 11) is 0. The van der Waals surface area contributed by atoms with Gasteiger partial charge in [-0.15, -0.1) is 0 Å². The molecule has 232 valence electrons. The molecule has 3 fully saturated rings. The molecule has 0 spiro atoms. The van der Waals surface area contributed by atoms with E-state index in [0.29, 0.717) is 36.4 Å². The number of hydrogen-bond acceptors (Lipinski definition) is 6. The van der Waals surface area contributed by atoms with Gasteiger partial charge in [-0.05, 0) is 92.6 Å². The molecule has 3 aromatic rings. The molecule has 3 saturated heterocycles. The van der Waals surface area contributed by atoms with Gasteiger partial charge < -0.3 is 24.4 Å². The number of hydrogen-bond donors (Lipinski definition) is 1. The quantitative estimate of drug-likeness (QED) is 0.309. The predicted octanol–water partition coefficient (Wildman–Crippen LogP) is 6.46. The number of piperidine rings is 1. The van der Waals surface area contributed by atoms with Gasteiger partial charge in [0.1, 0.15) is 5.75 Å². The third-order valence-corrected chi connectivity index (χ3v) is 9.46. The van der Waals surface area contributed by atoms with E-state index in [9.17, 15) is 9.59 Å². The first-order chi connectivity index (χ1) is 21.3. The molecule has 1 N–H and O–H groups in total. The first-order valence-corrected chi connectivity index (χ1v) is 15.8. The summed E-state index contributed by atoms with van der Waals surface area (Å²) in [4.78, 5) is 36.5. The van der Waals surface area contributed by atoms with Crippen molar-refractivity contribution in [1.82, 2.24) is 19.7 Å². The lowest BCUT2D eigenvalue weighted by atomic mass is 9.98. The van der Waals surface area contributed by atoms with Crippen molar-refractivity contribution in [1.29, 1.82) is 0 Å². The van der Waals surface area contributed by atoms with E-state index in [-0.39, 0.29) is 29.7 Å². The SMILES string of the molecule is Cc1cc(Oc2ccc(C(=O)O)cc2)nc(C)c1CN1CCC(N2C(=O)N(C3CCOCC3)CC2c2cccc(Cl)c2)CC1. The molecule has 10 heteroatoms. The molecule has 3 aliphatic rings. The number of carbonyl (C=O) groups excluding carboxylic acids is 1. The van der Waals surface area contributed by atoms with Crippen molar-refractivity contribution in [3.8, 4) is 11.6 Å². The van der Waals surface area contributed by atoms with Gasteiger partial charge in [0.05, 0.1) is 11.6 Å². The van der Waals surface area contributed by atoms with Gasteiger partial charge in [0.15, 0.2) is 0 Å². The van der Waals surface area contributed by atoms with Crippen LogP contribution in [0.25, 0.3) is 0 Å². The van der Waals surface area contributed by atoms with Crippen molar-refractivity contribution in [2.24, 2.45) is 0 Å². The summed E-state index contributed by atoms with van der Waals surface area (Å²) in [6.07, 6.45) is 3.58. The zero-order valence-electron chi connectivity index (χ0n) is 25.2. The van der Waals surface area contributed by atoms with Crippen molar-refractivity contribution < 1.29 is 24.2 Å². The van der Waals surface area contributed by atoms with Crippen LogP contribution >= 0.6 is 11.6 Å². The number of carboxylic acid groups (broad SMARTS) is 1. The van der Waals surface area contributed by atoms with Crippen LogP contribution in [0.5, 0.6) is 11.6 Å². The van der Waals surface area contributed by atoms with Crippen molar-refractivity contribution in [3.05, 3.63) is 87.6 Å². The number of ether oxygens (including phenoxy) is 2. The van der Waals surface area contributed by atoms with Crippen LogP contribution in [0.2, 0.25) is 5.02 Å². The van der Waals surface area contributed by atoms with Crippen molar-refractivity contribution in [2.45, 2.75) is 64.2 Å². The van der Waals surface area contributed by atoms with E-state index >= 15 is 0 Å². The lowest BCUT2D eigenvalue weighted by Crippen LogP contribution is -2.48. The van der Waals surface area contributed by atoms with Gasteiger partial charge in [-0.25, -0.2) is 14.6 Å². The number of aryl methyl sites for hydroxylation is 2. The monoisotopic (exact) mass is 618 g/mol. The molecular weight excluding hydrogens is 580 g/mol. The van der Waals surface area contributed by atoms with E-state index < -0.39 is 5.97 Å².